The minimum absolute atomic E-state index is 0.00981. The molecule has 0 fully saturated rings. The molecular formula is C7H11N3O3. The Balaban J connectivity index is 3.78. The van der Waals surface area contributed by atoms with Crippen molar-refractivity contribution >= 4 is 5.82 Å². The summed E-state index contributed by atoms with van der Waals surface area (Å²) in [7, 11) is 2.78. The predicted molar refractivity (Wildman–Crippen MR) is 47.3 cm³/mol. The van der Waals surface area contributed by atoms with Gasteiger partial charge < -0.3 is 10.8 Å². The molecule has 0 aromatic carbocycles. The smallest absolute Gasteiger partial charge is 0.332 e. The van der Waals surface area contributed by atoms with Crippen LogP contribution in [0.4, 0.5) is 5.82 Å². The number of nitrogens with two attached hydrogens (primary N) is 1. The molecule has 1 rings (SSSR count). The summed E-state index contributed by atoms with van der Waals surface area (Å²) < 4.78 is 2.02. The van der Waals surface area contributed by atoms with Gasteiger partial charge in [0.15, 0.2) is 0 Å². The Morgan fingerprint density at radius 1 is 1.31 bits per heavy atom. The van der Waals surface area contributed by atoms with E-state index in [1.54, 1.807) is 0 Å². The normalized spacial score (nSPS) is 10.4. The van der Waals surface area contributed by atoms with E-state index in [2.05, 4.69) is 0 Å². The van der Waals surface area contributed by atoms with Crippen LogP contribution in [0.25, 0.3) is 0 Å². The molecule has 6 heteroatoms. The Kier molecular flexibility index (Phi) is 2.24. The standard InChI is InChI=1S/C7H11N3O3/c1-9-5(8)4(3-11)6(12)10(2)7(9)13/h11H,3,8H2,1-2H3. The quantitative estimate of drug-likeness (QED) is 0.538. The van der Waals surface area contributed by atoms with Crippen molar-refractivity contribution in [2.45, 2.75) is 6.61 Å². The Hall–Kier alpha value is -1.56. The molecule has 1 aromatic rings. The van der Waals surface area contributed by atoms with Crippen molar-refractivity contribution < 1.29 is 5.11 Å². The third-order valence-corrected chi connectivity index (χ3v) is 1.97. The fourth-order valence-corrected chi connectivity index (χ4v) is 1.08. The summed E-state index contributed by atoms with van der Waals surface area (Å²) in [6, 6.07) is 0. The molecule has 13 heavy (non-hydrogen) atoms. The first-order chi connectivity index (χ1) is 6.00. The molecule has 0 spiro atoms. The number of nitrogens with zero attached hydrogens (tertiary/aromatic N) is 2. The summed E-state index contributed by atoms with van der Waals surface area (Å²) in [6.45, 7) is -0.466. The van der Waals surface area contributed by atoms with Gasteiger partial charge in [-0.1, -0.05) is 0 Å². The Morgan fingerprint density at radius 3 is 2.31 bits per heavy atom. The van der Waals surface area contributed by atoms with Crippen molar-refractivity contribution in [3.8, 4) is 0 Å². The van der Waals surface area contributed by atoms with Crippen LogP contribution >= 0.6 is 0 Å². The van der Waals surface area contributed by atoms with Crippen LogP contribution in [0.3, 0.4) is 0 Å². The highest BCUT2D eigenvalue weighted by Crippen LogP contribution is 2.00. The third kappa shape index (κ3) is 1.25. The van der Waals surface area contributed by atoms with Crippen molar-refractivity contribution in [1.82, 2.24) is 9.13 Å². The third-order valence-electron chi connectivity index (χ3n) is 1.97. The van der Waals surface area contributed by atoms with Gasteiger partial charge in [0.1, 0.15) is 5.82 Å². The maximum Gasteiger partial charge on any atom is 0.332 e. The molecular weight excluding hydrogens is 174 g/mol. The summed E-state index contributed by atoms with van der Waals surface area (Å²) in [5.41, 5.74) is 4.45. The zero-order valence-electron chi connectivity index (χ0n) is 7.44. The van der Waals surface area contributed by atoms with Crippen LogP contribution in [0.15, 0.2) is 9.59 Å². The van der Waals surface area contributed by atoms with Gasteiger partial charge in [0.2, 0.25) is 0 Å². The van der Waals surface area contributed by atoms with Crippen LogP contribution in [-0.2, 0) is 20.7 Å². The van der Waals surface area contributed by atoms with Gasteiger partial charge in [-0.05, 0) is 0 Å². The zero-order chi connectivity index (χ0) is 10.2. The molecule has 3 N–H and O–H groups in total. The second-order valence-electron chi connectivity index (χ2n) is 2.73. The number of rotatable bonds is 1. The monoisotopic (exact) mass is 185 g/mol. The molecule has 1 aromatic heterocycles. The number of aromatic nitrogens is 2. The van der Waals surface area contributed by atoms with Crippen LogP contribution in [0.5, 0.6) is 0 Å². The van der Waals surface area contributed by atoms with Gasteiger partial charge in [-0.3, -0.25) is 13.9 Å². The largest absolute Gasteiger partial charge is 0.391 e. The summed E-state index contributed by atoms with van der Waals surface area (Å²) in [5, 5.41) is 8.83. The van der Waals surface area contributed by atoms with E-state index in [1.807, 2.05) is 0 Å². The molecule has 0 aliphatic rings. The van der Waals surface area contributed by atoms with Crippen molar-refractivity contribution in [2.75, 3.05) is 5.73 Å². The van der Waals surface area contributed by atoms with Gasteiger partial charge in [0.05, 0.1) is 12.2 Å². The van der Waals surface area contributed by atoms with E-state index in [1.165, 1.54) is 14.1 Å². The number of aliphatic hydroxyl groups is 1. The number of nitrogen functional groups attached to an aromatic ring is 1. The highest BCUT2D eigenvalue weighted by molar-refractivity contribution is 5.37. The lowest BCUT2D eigenvalue weighted by Crippen LogP contribution is -2.40. The number of anilines is 1. The summed E-state index contributed by atoms with van der Waals surface area (Å²) >= 11 is 0. The van der Waals surface area contributed by atoms with E-state index in [-0.39, 0.29) is 11.4 Å². The number of aliphatic hydroxyl groups excluding tert-OH is 1. The molecule has 6 nitrogen and oxygen atoms in total. The van der Waals surface area contributed by atoms with E-state index >= 15 is 0 Å². The van der Waals surface area contributed by atoms with Crippen molar-refractivity contribution in [3.63, 3.8) is 0 Å². The molecule has 0 unspecified atom stereocenters. The van der Waals surface area contributed by atoms with Crippen LogP contribution in [0, 0.1) is 0 Å². The lowest BCUT2D eigenvalue weighted by Gasteiger charge is -2.08. The molecule has 1 heterocycles. The fraction of sp³-hybridized carbons (Fsp3) is 0.429. The average molecular weight is 185 g/mol. The average Bonchev–Trinajstić information content (AvgIpc) is 2.13. The van der Waals surface area contributed by atoms with Crippen molar-refractivity contribution in [2.24, 2.45) is 14.1 Å². The Morgan fingerprint density at radius 2 is 1.85 bits per heavy atom. The molecule has 0 aliphatic heterocycles. The number of hydrogen-bond donors (Lipinski definition) is 2. The van der Waals surface area contributed by atoms with Gasteiger partial charge in [-0.25, -0.2) is 4.79 Å². The summed E-state index contributed by atoms with van der Waals surface area (Å²) in [6.07, 6.45) is 0. The molecule has 0 aliphatic carbocycles. The molecule has 0 saturated heterocycles. The van der Waals surface area contributed by atoms with Gasteiger partial charge >= 0.3 is 5.69 Å². The number of hydrogen-bond acceptors (Lipinski definition) is 4. The molecule has 0 saturated carbocycles. The predicted octanol–water partition coefficient (Wildman–Crippen LogP) is -1.84. The Bertz CT molecular complexity index is 444. The van der Waals surface area contributed by atoms with E-state index in [4.69, 9.17) is 10.8 Å². The van der Waals surface area contributed by atoms with Crippen LogP contribution in [-0.4, -0.2) is 14.2 Å². The summed E-state index contributed by atoms with van der Waals surface area (Å²) in [4.78, 5) is 22.5. The minimum Gasteiger partial charge on any atom is -0.391 e. The van der Waals surface area contributed by atoms with E-state index in [0.29, 0.717) is 0 Å². The van der Waals surface area contributed by atoms with Crippen molar-refractivity contribution in [1.29, 1.82) is 0 Å². The first-order valence-electron chi connectivity index (χ1n) is 3.66. The highest BCUT2D eigenvalue weighted by Gasteiger charge is 2.11. The van der Waals surface area contributed by atoms with Crippen LogP contribution in [0.1, 0.15) is 5.56 Å². The fourth-order valence-electron chi connectivity index (χ4n) is 1.08. The van der Waals surface area contributed by atoms with Gasteiger partial charge in [-0.15, -0.1) is 0 Å². The molecule has 0 atom stereocenters. The van der Waals surface area contributed by atoms with E-state index in [9.17, 15) is 9.59 Å². The molecule has 72 valence electrons. The van der Waals surface area contributed by atoms with Crippen LogP contribution < -0.4 is 17.0 Å². The van der Waals surface area contributed by atoms with Gasteiger partial charge in [0, 0.05) is 14.1 Å². The van der Waals surface area contributed by atoms with E-state index < -0.39 is 17.9 Å². The summed E-state index contributed by atoms with van der Waals surface area (Å²) in [5.74, 6) is 0.00981. The SMILES string of the molecule is Cn1c(N)c(CO)c(=O)n(C)c1=O. The van der Waals surface area contributed by atoms with Crippen molar-refractivity contribution in [3.05, 3.63) is 26.4 Å². The topological polar surface area (TPSA) is 90.2 Å². The second-order valence-corrected chi connectivity index (χ2v) is 2.73. The van der Waals surface area contributed by atoms with E-state index in [0.717, 1.165) is 9.13 Å². The lowest BCUT2D eigenvalue weighted by molar-refractivity contribution is 0.278. The molecule has 0 radical (unpaired) electrons. The molecule has 0 amide bonds. The molecule has 0 bridgehead atoms. The maximum atomic E-state index is 11.3. The maximum absolute atomic E-state index is 11.3. The Labute approximate surface area is 73.8 Å². The highest BCUT2D eigenvalue weighted by atomic mass is 16.3. The first kappa shape index (κ1) is 9.53. The van der Waals surface area contributed by atoms with Crippen LogP contribution in [0.2, 0.25) is 0 Å². The van der Waals surface area contributed by atoms with Gasteiger partial charge in [0.25, 0.3) is 5.56 Å². The van der Waals surface area contributed by atoms with Gasteiger partial charge in [-0.2, -0.15) is 0 Å². The first-order valence-corrected chi connectivity index (χ1v) is 3.66. The second kappa shape index (κ2) is 3.06. The lowest BCUT2D eigenvalue weighted by atomic mass is 10.3. The zero-order valence-corrected chi connectivity index (χ0v) is 7.44. The minimum atomic E-state index is -0.553.